The number of hydrogen-bond acceptors (Lipinski definition) is 7. The minimum Gasteiger partial charge on any atom is -0.493 e. The Morgan fingerprint density at radius 3 is 2.77 bits per heavy atom. The van der Waals surface area contributed by atoms with Gasteiger partial charge in [0.2, 0.25) is 0 Å². The van der Waals surface area contributed by atoms with Crippen molar-refractivity contribution in [2.45, 2.75) is 17.8 Å². The van der Waals surface area contributed by atoms with Crippen molar-refractivity contribution >= 4 is 34.0 Å². The van der Waals surface area contributed by atoms with Crippen LogP contribution in [0.15, 0.2) is 57.8 Å². The van der Waals surface area contributed by atoms with E-state index < -0.39 is 0 Å². The highest BCUT2D eigenvalue weighted by atomic mass is 32.2. The summed E-state index contributed by atoms with van der Waals surface area (Å²) in [7, 11) is 3.38. The molecule has 4 rings (SSSR count). The number of nitrogens with zero attached hydrogens (tertiary/aromatic N) is 3. The predicted octanol–water partition coefficient (Wildman–Crippen LogP) is 4.76. The minimum atomic E-state index is -0.0384. The molecule has 0 N–H and O–H groups in total. The van der Waals surface area contributed by atoms with Crippen molar-refractivity contribution in [1.29, 1.82) is 0 Å². The van der Waals surface area contributed by atoms with Crippen LogP contribution in [0.25, 0.3) is 21.5 Å². The average Bonchev–Trinajstić information content (AvgIpc) is 3.25. The summed E-state index contributed by atoms with van der Waals surface area (Å²) in [6, 6.07) is 13.2. The number of ether oxygens (including phenoxy) is 2. The molecule has 0 fully saturated rings. The van der Waals surface area contributed by atoms with Crippen molar-refractivity contribution in [3.05, 3.63) is 63.9 Å². The van der Waals surface area contributed by atoms with Crippen LogP contribution in [-0.4, -0.2) is 28.3 Å². The van der Waals surface area contributed by atoms with Gasteiger partial charge < -0.3 is 9.47 Å². The molecule has 0 saturated heterocycles. The monoisotopic (exact) mass is 439 g/mol. The van der Waals surface area contributed by atoms with Crippen LogP contribution in [0.1, 0.15) is 12.6 Å². The third-order valence-electron chi connectivity index (χ3n) is 4.55. The first-order chi connectivity index (χ1) is 14.6. The number of methoxy groups -OCH3 is 1. The molecule has 0 aliphatic heterocycles. The summed E-state index contributed by atoms with van der Waals surface area (Å²) in [5, 5.41) is 4.25. The molecule has 0 aliphatic carbocycles. The summed E-state index contributed by atoms with van der Waals surface area (Å²) in [5.41, 5.74) is 2.59. The number of rotatable bonds is 7. The Labute approximate surface area is 182 Å². The lowest BCUT2D eigenvalue weighted by atomic mass is 10.2. The molecule has 6 nitrogen and oxygen atoms in total. The van der Waals surface area contributed by atoms with Crippen molar-refractivity contribution in [1.82, 2.24) is 14.5 Å². The maximum absolute atomic E-state index is 12.6. The molecule has 4 aromatic rings. The first-order valence-electron chi connectivity index (χ1n) is 9.45. The average molecular weight is 440 g/mol. The highest BCUT2D eigenvalue weighted by Gasteiger charge is 2.12. The number of benzene rings is 2. The van der Waals surface area contributed by atoms with Gasteiger partial charge in [-0.2, -0.15) is 0 Å². The lowest BCUT2D eigenvalue weighted by Gasteiger charge is -2.10. The van der Waals surface area contributed by atoms with Crippen LogP contribution in [0.2, 0.25) is 0 Å². The molecule has 0 saturated carbocycles. The zero-order valence-electron chi connectivity index (χ0n) is 16.9. The van der Waals surface area contributed by atoms with Gasteiger partial charge in [-0.25, -0.2) is 9.97 Å². The van der Waals surface area contributed by atoms with Crippen LogP contribution in [0.3, 0.4) is 0 Å². The van der Waals surface area contributed by atoms with Crippen molar-refractivity contribution in [2.24, 2.45) is 7.05 Å². The maximum atomic E-state index is 12.6. The Morgan fingerprint density at radius 2 is 1.97 bits per heavy atom. The fraction of sp³-hybridized carbons (Fsp3) is 0.227. The van der Waals surface area contributed by atoms with Crippen LogP contribution in [-0.2, 0) is 12.8 Å². The minimum absolute atomic E-state index is 0.0384. The number of para-hydroxylation sites is 1. The third-order valence-corrected chi connectivity index (χ3v) is 6.56. The quantitative estimate of drug-likeness (QED) is 0.306. The third kappa shape index (κ3) is 4.06. The van der Waals surface area contributed by atoms with Gasteiger partial charge in [0.05, 0.1) is 30.3 Å². The summed E-state index contributed by atoms with van der Waals surface area (Å²) in [6.07, 6.45) is 0. The lowest BCUT2D eigenvalue weighted by molar-refractivity contribution is 0.311. The molecule has 0 spiro atoms. The van der Waals surface area contributed by atoms with Gasteiger partial charge >= 0.3 is 0 Å². The van der Waals surface area contributed by atoms with Gasteiger partial charge in [-0.1, -0.05) is 23.9 Å². The molecule has 0 amide bonds. The van der Waals surface area contributed by atoms with Gasteiger partial charge in [-0.3, -0.25) is 9.36 Å². The summed E-state index contributed by atoms with van der Waals surface area (Å²) in [4.78, 5) is 21.9. The molecule has 154 valence electrons. The standard InChI is InChI=1S/C22H21N3O3S2/c1-4-28-18-10-9-14(11-19(18)27-3)20-23-15(12-29-20)13-30-22-24-17-8-6-5-7-16(17)21(26)25(22)2/h5-12H,4,13H2,1-3H3. The van der Waals surface area contributed by atoms with Gasteiger partial charge in [0.1, 0.15) is 5.01 Å². The normalized spacial score (nSPS) is 11.0. The Balaban J connectivity index is 1.54. The zero-order chi connectivity index (χ0) is 21.1. The summed E-state index contributed by atoms with van der Waals surface area (Å²) in [5.74, 6) is 2.04. The second-order valence-electron chi connectivity index (χ2n) is 6.51. The number of thioether (sulfide) groups is 1. The molecule has 2 heterocycles. The first kappa shape index (κ1) is 20.4. The van der Waals surface area contributed by atoms with Crippen molar-refractivity contribution in [3.8, 4) is 22.1 Å². The van der Waals surface area contributed by atoms with E-state index in [4.69, 9.17) is 14.5 Å². The largest absolute Gasteiger partial charge is 0.493 e. The molecule has 0 aliphatic rings. The Morgan fingerprint density at radius 1 is 1.13 bits per heavy atom. The van der Waals surface area contributed by atoms with E-state index in [0.29, 0.717) is 34.2 Å². The number of thiazole rings is 1. The molecule has 0 unspecified atom stereocenters. The number of aromatic nitrogens is 3. The van der Waals surface area contributed by atoms with Crippen molar-refractivity contribution < 1.29 is 9.47 Å². The van der Waals surface area contributed by atoms with E-state index in [1.54, 1.807) is 36.1 Å². The molecule has 30 heavy (non-hydrogen) atoms. The smallest absolute Gasteiger partial charge is 0.261 e. The molecule has 2 aromatic heterocycles. The molecule has 8 heteroatoms. The summed E-state index contributed by atoms with van der Waals surface area (Å²) in [6.45, 7) is 2.53. The van der Waals surface area contributed by atoms with Gasteiger partial charge in [-0.15, -0.1) is 11.3 Å². The molecular weight excluding hydrogens is 418 g/mol. The van der Waals surface area contributed by atoms with E-state index in [-0.39, 0.29) is 5.56 Å². The molecule has 2 aromatic carbocycles. The van der Waals surface area contributed by atoms with Gasteiger partial charge in [0, 0.05) is 23.7 Å². The van der Waals surface area contributed by atoms with Crippen LogP contribution in [0.5, 0.6) is 11.5 Å². The van der Waals surface area contributed by atoms with Gasteiger partial charge in [0.15, 0.2) is 16.7 Å². The van der Waals surface area contributed by atoms with Crippen LogP contribution in [0.4, 0.5) is 0 Å². The van der Waals surface area contributed by atoms with Crippen molar-refractivity contribution in [3.63, 3.8) is 0 Å². The first-order valence-corrected chi connectivity index (χ1v) is 11.3. The van der Waals surface area contributed by atoms with Gasteiger partial charge in [-0.05, 0) is 37.3 Å². The zero-order valence-corrected chi connectivity index (χ0v) is 18.5. The van der Waals surface area contributed by atoms with Crippen molar-refractivity contribution in [2.75, 3.05) is 13.7 Å². The van der Waals surface area contributed by atoms with E-state index in [2.05, 4.69) is 4.98 Å². The molecular formula is C22H21N3O3S2. The second kappa shape index (κ2) is 8.89. The lowest BCUT2D eigenvalue weighted by Crippen LogP contribution is -2.19. The number of hydrogen-bond donors (Lipinski definition) is 0. The van der Waals surface area contributed by atoms with E-state index in [0.717, 1.165) is 22.0 Å². The number of fused-ring (bicyclic) bond motifs is 1. The summed E-state index contributed by atoms with van der Waals surface area (Å²) >= 11 is 3.08. The van der Waals surface area contributed by atoms with E-state index in [1.807, 2.05) is 48.7 Å². The van der Waals surface area contributed by atoms with Crippen LogP contribution in [0, 0.1) is 0 Å². The maximum Gasteiger partial charge on any atom is 0.261 e. The Bertz CT molecular complexity index is 1250. The van der Waals surface area contributed by atoms with Crippen LogP contribution >= 0.6 is 23.1 Å². The Hall–Kier alpha value is -2.84. The molecule has 0 atom stereocenters. The Kier molecular flexibility index (Phi) is 6.06. The fourth-order valence-corrected chi connectivity index (χ4v) is 4.83. The van der Waals surface area contributed by atoms with E-state index in [1.165, 1.54) is 11.8 Å². The SMILES string of the molecule is CCOc1ccc(-c2nc(CSc3nc4ccccc4c(=O)n3C)cs2)cc1OC. The highest BCUT2D eigenvalue weighted by molar-refractivity contribution is 7.98. The van der Waals surface area contributed by atoms with E-state index in [9.17, 15) is 4.79 Å². The topological polar surface area (TPSA) is 66.2 Å². The summed E-state index contributed by atoms with van der Waals surface area (Å²) < 4.78 is 12.6. The van der Waals surface area contributed by atoms with Crippen LogP contribution < -0.4 is 15.0 Å². The molecule has 0 bridgehead atoms. The fourth-order valence-electron chi connectivity index (χ4n) is 3.05. The van der Waals surface area contributed by atoms with Gasteiger partial charge in [0.25, 0.3) is 5.56 Å². The van der Waals surface area contributed by atoms with E-state index >= 15 is 0 Å². The predicted molar refractivity (Wildman–Crippen MR) is 122 cm³/mol. The second-order valence-corrected chi connectivity index (χ2v) is 8.31. The highest BCUT2D eigenvalue weighted by Crippen LogP contribution is 2.34. The molecule has 0 radical (unpaired) electrons.